The second kappa shape index (κ2) is 8.81. The molecule has 0 saturated carbocycles. The average Bonchev–Trinajstić information content (AvgIpc) is 3.09. The Balaban J connectivity index is 1.47. The summed E-state index contributed by atoms with van der Waals surface area (Å²) in [7, 11) is 0. The summed E-state index contributed by atoms with van der Waals surface area (Å²) in [6.07, 6.45) is 1.63. The maximum Gasteiger partial charge on any atom is 0.363 e. The molecule has 1 heterocycles. The maximum absolute atomic E-state index is 13.8. The molecule has 7 heteroatoms. The quantitative estimate of drug-likeness (QED) is 0.320. The van der Waals surface area contributed by atoms with E-state index in [9.17, 15) is 9.18 Å². The third-order valence-electron chi connectivity index (χ3n) is 4.34. The summed E-state index contributed by atoms with van der Waals surface area (Å²) < 4.78 is 25.6. The molecule has 30 heavy (non-hydrogen) atoms. The Kier molecular flexibility index (Phi) is 5.97. The van der Waals surface area contributed by atoms with Crippen molar-refractivity contribution in [3.05, 3.63) is 104 Å². The third-order valence-corrected chi connectivity index (χ3v) is 5.22. The summed E-state index contributed by atoms with van der Waals surface area (Å²) in [5.41, 5.74) is 1.97. The van der Waals surface area contributed by atoms with Crippen molar-refractivity contribution in [3.8, 4) is 5.75 Å². The Bertz CT molecular complexity index is 1140. The number of hydrogen-bond acceptors (Lipinski definition) is 4. The van der Waals surface area contributed by atoms with Crippen LogP contribution in [-0.4, -0.2) is 11.9 Å². The van der Waals surface area contributed by atoms with Crippen molar-refractivity contribution in [2.24, 2.45) is 4.99 Å². The summed E-state index contributed by atoms with van der Waals surface area (Å²) in [5, 5.41) is 0.315. The van der Waals surface area contributed by atoms with Crippen LogP contribution in [0.5, 0.6) is 5.75 Å². The van der Waals surface area contributed by atoms with Gasteiger partial charge in [-0.1, -0.05) is 45.7 Å². The van der Waals surface area contributed by atoms with E-state index in [1.807, 2.05) is 24.3 Å². The van der Waals surface area contributed by atoms with Crippen LogP contribution in [-0.2, 0) is 16.1 Å². The summed E-state index contributed by atoms with van der Waals surface area (Å²) in [6, 6.07) is 18.8. The minimum atomic E-state index is -0.512. The van der Waals surface area contributed by atoms with E-state index in [-0.39, 0.29) is 18.2 Å². The molecular weight excluding hydrogens is 473 g/mol. The molecule has 0 amide bonds. The van der Waals surface area contributed by atoms with E-state index in [2.05, 4.69) is 20.9 Å². The van der Waals surface area contributed by atoms with Crippen LogP contribution in [0.1, 0.15) is 16.7 Å². The first-order chi connectivity index (χ1) is 14.5. The Morgan fingerprint density at radius 3 is 2.50 bits per heavy atom. The molecule has 0 aliphatic carbocycles. The Morgan fingerprint density at radius 1 is 1.07 bits per heavy atom. The number of aliphatic imine (C=N–C) groups is 1. The van der Waals surface area contributed by atoms with Crippen LogP contribution in [0.4, 0.5) is 4.39 Å². The molecule has 4 nitrogen and oxygen atoms in total. The van der Waals surface area contributed by atoms with Gasteiger partial charge in [-0.3, -0.25) is 0 Å². The van der Waals surface area contributed by atoms with Gasteiger partial charge in [-0.2, -0.15) is 0 Å². The van der Waals surface area contributed by atoms with E-state index in [4.69, 9.17) is 21.1 Å². The third kappa shape index (κ3) is 4.61. The van der Waals surface area contributed by atoms with E-state index >= 15 is 0 Å². The zero-order valence-electron chi connectivity index (χ0n) is 15.4. The number of benzene rings is 3. The number of cyclic esters (lactones) is 1. The lowest BCUT2D eigenvalue weighted by molar-refractivity contribution is -0.129. The van der Waals surface area contributed by atoms with Crippen LogP contribution < -0.4 is 4.74 Å². The van der Waals surface area contributed by atoms with Crippen molar-refractivity contribution >= 4 is 45.5 Å². The second-order valence-electron chi connectivity index (χ2n) is 6.40. The number of hydrogen-bond donors (Lipinski definition) is 0. The molecule has 4 rings (SSSR count). The topological polar surface area (TPSA) is 47.9 Å². The fourth-order valence-corrected chi connectivity index (χ4v) is 3.25. The van der Waals surface area contributed by atoms with Gasteiger partial charge in [-0.25, -0.2) is 14.2 Å². The van der Waals surface area contributed by atoms with E-state index in [1.165, 1.54) is 6.07 Å². The molecular formula is C23H14BrClFNO3. The van der Waals surface area contributed by atoms with E-state index in [1.54, 1.807) is 42.5 Å². The van der Waals surface area contributed by atoms with E-state index < -0.39 is 11.8 Å². The van der Waals surface area contributed by atoms with Gasteiger partial charge in [0, 0.05) is 15.6 Å². The van der Waals surface area contributed by atoms with Crippen molar-refractivity contribution in [3.63, 3.8) is 0 Å². The summed E-state index contributed by atoms with van der Waals surface area (Å²) >= 11 is 9.37. The van der Waals surface area contributed by atoms with Gasteiger partial charge in [-0.05, 0) is 60.2 Å². The molecule has 0 spiro atoms. The lowest BCUT2D eigenvalue weighted by Crippen LogP contribution is -2.05. The van der Waals surface area contributed by atoms with E-state index in [0.717, 1.165) is 10.0 Å². The van der Waals surface area contributed by atoms with Crippen LogP contribution in [0, 0.1) is 5.82 Å². The molecule has 0 N–H and O–H groups in total. The predicted octanol–water partition coefficient (Wildman–Crippen LogP) is 6.17. The molecule has 3 aromatic carbocycles. The Labute approximate surface area is 185 Å². The Hall–Kier alpha value is -2.96. The lowest BCUT2D eigenvalue weighted by Gasteiger charge is -2.09. The van der Waals surface area contributed by atoms with Crippen LogP contribution in [0.25, 0.3) is 6.08 Å². The summed E-state index contributed by atoms with van der Waals surface area (Å²) in [5.74, 6) is -0.115. The van der Waals surface area contributed by atoms with Crippen molar-refractivity contribution < 1.29 is 18.7 Å². The highest BCUT2D eigenvalue weighted by Crippen LogP contribution is 2.24. The largest absolute Gasteiger partial charge is 0.489 e. The van der Waals surface area contributed by atoms with Gasteiger partial charge in [0.2, 0.25) is 5.90 Å². The molecule has 3 aromatic rings. The highest BCUT2D eigenvalue weighted by Gasteiger charge is 2.24. The highest BCUT2D eigenvalue weighted by atomic mass is 79.9. The van der Waals surface area contributed by atoms with Crippen molar-refractivity contribution in [2.45, 2.75) is 6.61 Å². The Morgan fingerprint density at radius 2 is 1.80 bits per heavy atom. The van der Waals surface area contributed by atoms with Gasteiger partial charge in [0.1, 0.15) is 18.2 Å². The molecule has 0 saturated heterocycles. The normalized spacial score (nSPS) is 14.6. The second-order valence-corrected chi connectivity index (χ2v) is 7.72. The van der Waals surface area contributed by atoms with Crippen molar-refractivity contribution in [1.29, 1.82) is 0 Å². The van der Waals surface area contributed by atoms with Crippen molar-refractivity contribution in [1.82, 2.24) is 0 Å². The first kappa shape index (κ1) is 20.3. The summed E-state index contributed by atoms with van der Waals surface area (Å²) in [6.45, 7) is 0.0130. The fourth-order valence-electron chi connectivity index (χ4n) is 2.77. The minimum Gasteiger partial charge on any atom is -0.489 e. The molecule has 0 bridgehead atoms. The van der Waals surface area contributed by atoms with Gasteiger partial charge in [0.05, 0.1) is 5.02 Å². The number of carbonyl (C=O) groups is 1. The molecule has 0 fully saturated rings. The number of halogens is 3. The van der Waals surface area contributed by atoms with Crippen LogP contribution >= 0.6 is 27.5 Å². The minimum absolute atomic E-state index is 0.0130. The molecule has 0 aromatic heterocycles. The van der Waals surface area contributed by atoms with Gasteiger partial charge < -0.3 is 9.47 Å². The van der Waals surface area contributed by atoms with Gasteiger partial charge >= 0.3 is 5.97 Å². The molecule has 1 aliphatic rings. The monoisotopic (exact) mass is 485 g/mol. The average molecular weight is 487 g/mol. The molecule has 0 radical (unpaired) electrons. The fraction of sp³-hybridized carbons (Fsp3) is 0.0435. The number of rotatable bonds is 5. The van der Waals surface area contributed by atoms with Gasteiger partial charge in [0.25, 0.3) is 0 Å². The first-order valence-corrected chi connectivity index (χ1v) is 10.1. The maximum atomic E-state index is 13.8. The predicted molar refractivity (Wildman–Crippen MR) is 117 cm³/mol. The number of esters is 1. The summed E-state index contributed by atoms with van der Waals surface area (Å²) in [4.78, 5) is 16.4. The lowest BCUT2D eigenvalue weighted by atomic mass is 10.2. The van der Waals surface area contributed by atoms with Crippen LogP contribution in [0.3, 0.4) is 0 Å². The molecule has 0 unspecified atom stereocenters. The molecule has 0 atom stereocenters. The SMILES string of the molecule is O=C1OC(c2ccc(Br)cc2)=NC1=Cc1ccc(OCc2c(F)cccc2Cl)cc1. The number of carbonyl (C=O) groups excluding carboxylic acids is 1. The van der Waals surface area contributed by atoms with Crippen molar-refractivity contribution in [2.75, 3.05) is 0 Å². The van der Waals surface area contributed by atoms with Crippen LogP contribution in [0.2, 0.25) is 5.02 Å². The van der Waals surface area contributed by atoms with Gasteiger partial charge in [0.15, 0.2) is 5.70 Å². The zero-order chi connectivity index (χ0) is 21.1. The molecule has 150 valence electrons. The molecule has 1 aliphatic heterocycles. The number of nitrogens with zero attached hydrogens (tertiary/aromatic N) is 1. The first-order valence-electron chi connectivity index (χ1n) is 8.94. The smallest absolute Gasteiger partial charge is 0.363 e. The van der Waals surface area contributed by atoms with Gasteiger partial charge in [-0.15, -0.1) is 0 Å². The number of ether oxygens (including phenoxy) is 2. The standard InChI is InChI=1S/C23H14BrClFNO3/c24-16-8-6-15(7-9-16)22-27-21(23(28)30-22)12-14-4-10-17(11-5-14)29-13-18-19(25)2-1-3-20(18)26/h1-12H,13H2. The van der Waals surface area contributed by atoms with E-state index in [0.29, 0.717) is 21.9 Å². The zero-order valence-corrected chi connectivity index (χ0v) is 17.8. The van der Waals surface area contributed by atoms with Crippen LogP contribution in [0.15, 0.2) is 81.9 Å². The highest BCUT2D eigenvalue weighted by molar-refractivity contribution is 9.10.